The number of rotatable bonds is 15. The predicted molar refractivity (Wildman–Crippen MR) is 90.6 cm³/mol. The maximum Gasteiger partial charge on any atom is 0.316 e. The van der Waals surface area contributed by atoms with Crippen LogP contribution in [0, 0.1) is 0 Å². The fraction of sp³-hybridized carbons (Fsp3) is 0.941. The fourth-order valence-electron chi connectivity index (χ4n) is 2.36. The molecule has 1 unspecified atom stereocenters. The second kappa shape index (κ2) is 15.2. The highest BCUT2D eigenvalue weighted by Gasteiger charge is 2.14. The minimum Gasteiger partial charge on any atom is -0.480 e. The summed E-state index contributed by atoms with van der Waals surface area (Å²) in [6.45, 7) is 4.21. The van der Waals surface area contributed by atoms with Crippen LogP contribution in [0.5, 0.6) is 0 Å². The number of carboxylic acid groups (broad SMARTS) is 1. The Kier molecular flexibility index (Phi) is 15.1. The van der Waals surface area contributed by atoms with Gasteiger partial charge in [0.05, 0.1) is 0 Å². The van der Waals surface area contributed by atoms with Gasteiger partial charge in [0.1, 0.15) is 5.25 Å². The van der Waals surface area contributed by atoms with Gasteiger partial charge in [0.2, 0.25) is 0 Å². The molecule has 0 saturated heterocycles. The van der Waals surface area contributed by atoms with Crippen molar-refractivity contribution in [2.75, 3.05) is 5.75 Å². The molecule has 1 N–H and O–H groups in total. The van der Waals surface area contributed by atoms with Crippen molar-refractivity contribution < 1.29 is 9.90 Å². The number of unbranched alkanes of at least 4 members (excludes halogenated alkanes) is 10. The molecule has 0 rings (SSSR count). The van der Waals surface area contributed by atoms with E-state index >= 15 is 0 Å². The second-order valence-corrected chi connectivity index (χ2v) is 6.95. The molecule has 0 aromatic heterocycles. The Morgan fingerprint density at radius 1 is 0.850 bits per heavy atom. The van der Waals surface area contributed by atoms with Gasteiger partial charge in [0.25, 0.3) is 0 Å². The van der Waals surface area contributed by atoms with E-state index in [0.717, 1.165) is 12.2 Å². The molecule has 3 heteroatoms. The van der Waals surface area contributed by atoms with Crippen LogP contribution in [0.4, 0.5) is 0 Å². The average molecular weight is 303 g/mol. The third-order valence-electron chi connectivity index (χ3n) is 3.71. The van der Waals surface area contributed by atoms with Crippen molar-refractivity contribution >= 4 is 17.7 Å². The van der Waals surface area contributed by atoms with Crippen LogP contribution in [-0.2, 0) is 4.79 Å². The zero-order chi connectivity index (χ0) is 15.1. The maximum atomic E-state index is 10.8. The van der Waals surface area contributed by atoms with Gasteiger partial charge in [0.15, 0.2) is 0 Å². The van der Waals surface area contributed by atoms with Crippen LogP contribution in [0.2, 0.25) is 0 Å². The maximum absolute atomic E-state index is 10.8. The summed E-state index contributed by atoms with van der Waals surface area (Å²) in [6, 6.07) is 0. The lowest BCUT2D eigenvalue weighted by atomic mass is 10.1. The van der Waals surface area contributed by atoms with Crippen molar-refractivity contribution in [2.24, 2.45) is 0 Å². The normalized spacial score (nSPS) is 12.5. The molecule has 0 aromatic carbocycles. The van der Waals surface area contributed by atoms with Crippen LogP contribution < -0.4 is 0 Å². The Hall–Kier alpha value is -0.180. The molecule has 0 saturated carbocycles. The Bertz CT molecular complexity index is 219. The van der Waals surface area contributed by atoms with Gasteiger partial charge in [-0.05, 0) is 18.6 Å². The van der Waals surface area contributed by atoms with E-state index in [1.54, 1.807) is 11.8 Å². The number of carbonyl (C=O) groups is 1. The van der Waals surface area contributed by atoms with Crippen molar-refractivity contribution in [1.82, 2.24) is 0 Å². The predicted octanol–water partition coefficient (Wildman–Crippen LogP) is 5.89. The molecule has 0 bridgehead atoms. The highest BCUT2D eigenvalue weighted by atomic mass is 32.2. The molecule has 0 amide bonds. The van der Waals surface area contributed by atoms with E-state index in [-0.39, 0.29) is 5.25 Å². The van der Waals surface area contributed by atoms with E-state index in [0.29, 0.717) is 0 Å². The first kappa shape index (κ1) is 19.8. The smallest absolute Gasteiger partial charge is 0.316 e. The Morgan fingerprint density at radius 2 is 1.30 bits per heavy atom. The van der Waals surface area contributed by atoms with Crippen LogP contribution in [0.1, 0.15) is 90.9 Å². The number of hydrogen-bond acceptors (Lipinski definition) is 2. The van der Waals surface area contributed by atoms with Crippen molar-refractivity contribution in [2.45, 2.75) is 96.1 Å². The molecular formula is C17H34O2S. The molecule has 120 valence electrons. The second-order valence-electron chi connectivity index (χ2n) is 5.64. The summed E-state index contributed by atoms with van der Waals surface area (Å²) in [4.78, 5) is 10.8. The van der Waals surface area contributed by atoms with Gasteiger partial charge in [-0.1, -0.05) is 78.1 Å². The van der Waals surface area contributed by atoms with E-state index in [2.05, 4.69) is 6.92 Å². The zero-order valence-electron chi connectivity index (χ0n) is 13.5. The molecule has 0 aliphatic rings. The van der Waals surface area contributed by atoms with Crippen LogP contribution in [0.3, 0.4) is 0 Å². The van der Waals surface area contributed by atoms with E-state index in [1.807, 2.05) is 6.92 Å². The van der Waals surface area contributed by atoms with E-state index in [1.165, 1.54) is 70.6 Å². The van der Waals surface area contributed by atoms with Crippen molar-refractivity contribution in [3.63, 3.8) is 0 Å². The summed E-state index contributed by atoms with van der Waals surface area (Å²) in [5.74, 6) is 0.350. The van der Waals surface area contributed by atoms with Crippen LogP contribution in [0.25, 0.3) is 0 Å². The van der Waals surface area contributed by atoms with Crippen LogP contribution >= 0.6 is 11.8 Å². The average Bonchev–Trinajstić information content (AvgIpc) is 2.43. The molecule has 0 radical (unpaired) electrons. The van der Waals surface area contributed by atoms with E-state index < -0.39 is 5.97 Å². The summed E-state index contributed by atoms with van der Waals surface area (Å²) in [5.41, 5.74) is 0. The van der Waals surface area contributed by atoms with Crippen molar-refractivity contribution in [3.8, 4) is 0 Å². The summed E-state index contributed by atoms with van der Waals surface area (Å²) in [6.07, 6.45) is 15.6. The fourth-order valence-corrected chi connectivity index (χ4v) is 3.39. The standard InChI is InChI=1S/C17H34O2S/c1-3-5-6-7-8-9-10-11-12-13-14-15-20-16(4-2)17(18)19/h16H,3-15H2,1-2H3,(H,18,19). The lowest BCUT2D eigenvalue weighted by Gasteiger charge is -2.08. The Labute approximate surface area is 130 Å². The van der Waals surface area contributed by atoms with E-state index in [9.17, 15) is 4.79 Å². The molecule has 0 aliphatic heterocycles. The van der Waals surface area contributed by atoms with Crippen LogP contribution in [-0.4, -0.2) is 22.1 Å². The Balaban J connectivity index is 3.15. The van der Waals surface area contributed by atoms with Gasteiger partial charge in [-0.2, -0.15) is 0 Å². The number of carboxylic acids is 1. The lowest BCUT2D eigenvalue weighted by molar-refractivity contribution is -0.136. The number of hydrogen-bond donors (Lipinski definition) is 1. The quantitative estimate of drug-likeness (QED) is 0.383. The molecule has 0 heterocycles. The van der Waals surface area contributed by atoms with Gasteiger partial charge in [-0.15, -0.1) is 11.8 Å². The molecule has 0 aliphatic carbocycles. The highest BCUT2D eigenvalue weighted by molar-refractivity contribution is 8.00. The van der Waals surface area contributed by atoms with Gasteiger partial charge in [-0.25, -0.2) is 0 Å². The van der Waals surface area contributed by atoms with E-state index in [4.69, 9.17) is 5.11 Å². The minimum absolute atomic E-state index is 0.196. The van der Waals surface area contributed by atoms with Gasteiger partial charge in [0, 0.05) is 0 Å². The molecular weight excluding hydrogens is 268 g/mol. The zero-order valence-corrected chi connectivity index (χ0v) is 14.3. The monoisotopic (exact) mass is 302 g/mol. The third kappa shape index (κ3) is 12.8. The molecule has 0 fully saturated rings. The van der Waals surface area contributed by atoms with Crippen molar-refractivity contribution in [3.05, 3.63) is 0 Å². The summed E-state index contributed by atoms with van der Waals surface area (Å²) in [5, 5.41) is 8.73. The first-order chi connectivity index (χ1) is 9.72. The molecule has 20 heavy (non-hydrogen) atoms. The van der Waals surface area contributed by atoms with Gasteiger partial charge < -0.3 is 5.11 Å². The first-order valence-electron chi connectivity index (χ1n) is 8.56. The molecule has 0 spiro atoms. The molecule has 2 nitrogen and oxygen atoms in total. The lowest BCUT2D eigenvalue weighted by Crippen LogP contribution is -2.15. The van der Waals surface area contributed by atoms with Crippen LogP contribution in [0.15, 0.2) is 0 Å². The van der Waals surface area contributed by atoms with Crippen molar-refractivity contribution in [1.29, 1.82) is 0 Å². The summed E-state index contributed by atoms with van der Waals surface area (Å²) in [7, 11) is 0. The minimum atomic E-state index is -0.652. The summed E-state index contributed by atoms with van der Waals surface area (Å²) >= 11 is 1.61. The Morgan fingerprint density at radius 3 is 1.70 bits per heavy atom. The highest BCUT2D eigenvalue weighted by Crippen LogP contribution is 2.18. The SMILES string of the molecule is CCCCCCCCCCCCCSC(CC)C(=O)O. The first-order valence-corrected chi connectivity index (χ1v) is 9.61. The summed E-state index contributed by atoms with van der Waals surface area (Å²) < 4.78 is 0. The largest absolute Gasteiger partial charge is 0.480 e. The third-order valence-corrected chi connectivity index (χ3v) is 5.17. The number of aliphatic carboxylic acids is 1. The number of thioether (sulfide) groups is 1. The van der Waals surface area contributed by atoms with Gasteiger partial charge in [-0.3, -0.25) is 4.79 Å². The molecule has 0 aromatic rings. The topological polar surface area (TPSA) is 37.3 Å². The van der Waals surface area contributed by atoms with Gasteiger partial charge >= 0.3 is 5.97 Å². The molecule has 1 atom stereocenters.